The summed E-state index contributed by atoms with van der Waals surface area (Å²) in [7, 11) is 0. The molecule has 2 unspecified atom stereocenters. The van der Waals surface area contributed by atoms with E-state index in [2.05, 4.69) is 40.7 Å². The molecule has 4 heteroatoms. The summed E-state index contributed by atoms with van der Waals surface area (Å²) in [4.78, 5) is 22.5. The summed E-state index contributed by atoms with van der Waals surface area (Å²) < 4.78 is 0. The molecule has 0 radical (unpaired) electrons. The molecule has 0 aromatic heterocycles. The number of rotatable bonds is 12. The van der Waals surface area contributed by atoms with Gasteiger partial charge in [-0.25, -0.2) is 9.78 Å². The third kappa shape index (κ3) is 7.03. The Hall–Kier alpha value is -0.870. The lowest BCUT2D eigenvalue weighted by molar-refractivity contribution is -0.409. The first kappa shape index (κ1) is 23.2. The highest BCUT2D eigenvalue weighted by Crippen LogP contribution is 2.39. The Morgan fingerprint density at radius 2 is 2.00 bits per heavy atom. The van der Waals surface area contributed by atoms with Crippen LogP contribution in [0.25, 0.3) is 0 Å². The van der Waals surface area contributed by atoms with Crippen molar-refractivity contribution < 1.29 is 19.7 Å². The smallest absolute Gasteiger partial charge is 0.306 e. The summed E-state index contributed by atoms with van der Waals surface area (Å²) in [5, 5.41) is 9.10. The molecule has 1 fully saturated rings. The van der Waals surface area contributed by atoms with Crippen molar-refractivity contribution in [1.82, 2.24) is 0 Å². The van der Waals surface area contributed by atoms with E-state index in [9.17, 15) is 4.79 Å². The van der Waals surface area contributed by atoms with Gasteiger partial charge in [-0.05, 0) is 37.5 Å². The summed E-state index contributed by atoms with van der Waals surface area (Å²) in [6, 6.07) is 0. The number of aliphatic carboxylic acids is 1. The van der Waals surface area contributed by atoms with E-state index in [1.165, 1.54) is 31.3 Å². The molecule has 0 aromatic carbocycles. The number of carbonyl (C=O) groups is 1. The Balaban J connectivity index is 2.89. The Labute approximate surface area is 160 Å². The van der Waals surface area contributed by atoms with Gasteiger partial charge >= 0.3 is 5.97 Å². The van der Waals surface area contributed by atoms with Crippen LogP contribution in [-0.4, -0.2) is 22.8 Å². The van der Waals surface area contributed by atoms with Crippen LogP contribution in [0.5, 0.6) is 0 Å². The number of unbranched alkanes of at least 4 members (excludes halogenated alkanes) is 1. The van der Waals surface area contributed by atoms with Gasteiger partial charge in [0.25, 0.3) is 0 Å². The van der Waals surface area contributed by atoms with Gasteiger partial charge < -0.3 is 5.11 Å². The molecular formula is C22H40O4. The highest BCUT2D eigenvalue weighted by molar-refractivity contribution is 5.67. The molecule has 0 saturated carbocycles. The molecule has 1 aliphatic heterocycles. The average molecular weight is 369 g/mol. The van der Waals surface area contributed by atoms with Crippen molar-refractivity contribution in [2.24, 2.45) is 11.8 Å². The van der Waals surface area contributed by atoms with Crippen LogP contribution in [0.15, 0.2) is 11.6 Å². The Kier molecular flexibility index (Phi) is 10.5. The van der Waals surface area contributed by atoms with Crippen molar-refractivity contribution in [3.05, 3.63) is 11.6 Å². The zero-order chi connectivity index (χ0) is 19.6. The number of carboxylic acids is 1. The Morgan fingerprint density at radius 1 is 1.27 bits per heavy atom. The number of hydrogen-bond donors (Lipinski definition) is 1. The fourth-order valence-corrected chi connectivity index (χ4v) is 4.01. The van der Waals surface area contributed by atoms with Gasteiger partial charge in [0.1, 0.15) is 11.7 Å². The highest BCUT2D eigenvalue weighted by atomic mass is 17.2. The molecule has 1 rings (SSSR count). The van der Waals surface area contributed by atoms with Crippen LogP contribution in [0.2, 0.25) is 0 Å². The van der Waals surface area contributed by atoms with Crippen molar-refractivity contribution in [3.8, 4) is 0 Å². The maximum absolute atomic E-state index is 11.1. The van der Waals surface area contributed by atoms with Gasteiger partial charge in [0.2, 0.25) is 0 Å². The van der Waals surface area contributed by atoms with E-state index in [0.717, 1.165) is 38.0 Å². The van der Waals surface area contributed by atoms with Crippen LogP contribution >= 0.6 is 0 Å². The second kappa shape index (κ2) is 11.8. The largest absolute Gasteiger partial charge is 0.481 e. The van der Waals surface area contributed by atoms with Crippen LogP contribution in [0.1, 0.15) is 98.8 Å². The molecule has 0 aliphatic carbocycles. The van der Waals surface area contributed by atoms with Gasteiger partial charge in [0.15, 0.2) is 0 Å². The van der Waals surface area contributed by atoms with Crippen LogP contribution in [0.4, 0.5) is 0 Å². The van der Waals surface area contributed by atoms with Gasteiger partial charge in [-0.15, -0.1) is 0 Å². The van der Waals surface area contributed by atoms with E-state index in [-0.39, 0.29) is 18.4 Å². The second-order valence-corrected chi connectivity index (χ2v) is 7.88. The van der Waals surface area contributed by atoms with Crippen molar-refractivity contribution in [2.75, 3.05) is 0 Å². The molecule has 4 nitrogen and oxygen atoms in total. The molecule has 0 amide bonds. The maximum atomic E-state index is 11.1. The van der Waals surface area contributed by atoms with E-state index in [0.29, 0.717) is 0 Å². The molecule has 4 atom stereocenters. The lowest BCUT2D eigenvalue weighted by atomic mass is 9.79. The summed E-state index contributed by atoms with van der Waals surface area (Å²) in [5.41, 5.74) is 1.04. The first-order chi connectivity index (χ1) is 12.4. The summed E-state index contributed by atoms with van der Waals surface area (Å²) >= 11 is 0. The lowest BCUT2D eigenvalue weighted by Crippen LogP contribution is -2.44. The molecule has 0 bridgehead atoms. The molecule has 1 N–H and O–H groups in total. The van der Waals surface area contributed by atoms with Crippen molar-refractivity contribution in [3.63, 3.8) is 0 Å². The van der Waals surface area contributed by atoms with E-state index in [1.54, 1.807) is 0 Å². The number of carboxylic acid groups (broad SMARTS) is 1. The van der Waals surface area contributed by atoms with Crippen LogP contribution in [0.3, 0.4) is 0 Å². The van der Waals surface area contributed by atoms with Crippen molar-refractivity contribution >= 4 is 5.97 Å². The van der Waals surface area contributed by atoms with Gasteiger partial charge in [-0.2, -0.15) is 0 Å². The number of allylic oxidation sites excluding steroid dienone is 1. The zero-order valence-electron chi connectivity index (χ0n) is 17.6. The topological polar surface area (TPSA) is 55.8 Å². The quantitative estimate of drug-likeness (QED) is 0.324. The van der Waals surface area contributed by atoms with E-state index < -0.39 is 11.6 Å². The fourth-order valence-electron chi connectivity index (χ4n) is 4.01. The standard InChI is InChI=1S/C22H40O4/c1-6-11-12-17(7-2)13-18(8-3)15-22(10-5)16-19(9-4)20(25-26-22)14-21(23)24/h15,17,19-20H,6-14,16H2,1-5H3,(H,23,24)/b18-15+/t17?,19-,20?,22-/m1/s1. The van der Waals surface area contributed by atoms with Gasteiger partial charge in [0.05, 0.1) is 6.42 Å². The third-order valence-electron chi connectivity index (χ3n) is 5.99. The SMILES string of the molecule is CCCCC(CC)C/C(=C/[C@]1(CC)C[C@@H](CC)C(CC(=O)O)OO1)CC. The number of hydrogen-bond acceptors (Lipinski definition) is 3. The normalized spacial score (nSPS) is 28.1. The highest BCUT2D eigenvalue weighted by Gasteiger charge is 2.41. The molecule has 1 aliphatic rings. The summed E-state index contributed by atoms with van der Waals surface area (Å²) in [5.74, 6) is 0.130. The maximum Gasteiger partial charge on any atom is 0.306 e. The van der Waals surface area contributed by atoms with Gasteiger partial charge in [0, 0.05) is 0 Å². The van der Waals surface area contributed by atoms with Crippen LogP contribution in [0, 0.1) is 11.8 Å². The minimum absolute atomic E-state index is 0.0115. The third-order valence-corrected chi connectivity index (χ3v) is 5.99. The first-order valence-electron chi connectivity index (χ1n) is 10.7. The molecule has 1 heterocycles. The van der Waals surface area contributed by atoms with E-state index in [1.807, 2.05) is 0 Å². The zero-order valence-corrected chi connectivity index (χ0v) is 17.6. The molecule has 0 spiro atoms. The minimum atomic E-state index is -0.826. The van der Waals surface area contributed by atoms with Crippen molar-refractivity contribution in [1.29, 1.82) is 0 Å². The second-order valence-electron chi connectivity index (χ2n) is 7.88. The molecule has 26 heavy (non-hydrogen) atoms. The summed E-state index contributed by atoms with van der Waals surface area (Å²) in [6.07, 6.45) is 11.8. The molecule has 152 valence electrons. The summed E-state index contributed by atoms with van der Waals surface area (Å²) in [6.45, 7) is 11.0. The monoisotopic (exact) mass is 368 g/mol. The van der Waals surface area contributed by atoms with Gasteiger partial charge in [-0.3, -0.25) is 4.79 Å². The fraction of sp³-hybridized carbons (Fsp3) is 0.864. The van der Waals surface area contributed by atoms with Gasteiger partial charge in [-0.1, -0.05) is 78.4 Å². The lowest BCUT2D eigenvalue weighted by Gasteiger charge is -2.41. The van der Waals surface area contributed by atoms with Crippen molar-refractivity contribution in [2.45, 2.75) is 111 Å². The van der Waals surface area contributed by atoms with E-state index in [4.69, 9.17) is 14.9 Å². The predicted octanol–water partition coefficient (Wildman–Crippen LogP) is 6.30. The molecule has 0 aromatic rings. The molecular weight excluding hydrogens is 328 g/mol. The van der Waals surface area contributed by atoms with Crippen LogP contribution in [-0.2, 0) is 14.6 Å². The Bertz CT molecular complexity index is 445. The predicted molar refractivity (Wildman–Crippen MR) is 106 cm³/mol. The average Bonchev–Trinajstić information content (AvgIpc) is 2.65. The first-order valence-corrected chi connectivity index (χ1v) is 10.7. The van der Waals surface area contributed by atoms with Crippen LogP contribution < -0.4 is 0 Å². The van der Waals surface area contributed by atoms with E-state index >= 15 is 0 Å². The minimum Gasteiger partial charge on any atom is -0.481 e. The molecule has 1 saturated heterocycles. The Morgan fingerprint density at radius 3 is 2.50 bits per heavy atom.